The molecule has 0 spiro atoms. The van der Waals surface area contributed by atoms with E-state index in [4.69, 9.17) is 0 Å². The second kappa shape index (κ2) is 7.44. The van der Waals surface area contributed by atoms with Gasteiger partial charge in [0.25, 0.3) is 5.91 Å². The molecule has 8 nitrogen and oxygen atoms in total. The standard InChI is InChI=1S/C21H26N6O2/c1-14-9-19(23-13-22-14)27-8-4-7-21(29,12-27)11-26(3)20(28)16-5-6-17-18(10-16)25-15(2)24-17/h5-6,9-10,13,29H,4,7-8,11-12H2,1-3H3,(H,24,25). The first-order valence-electron chi connectivity index (χ1n) is 9.81. The molecule has 0 aliphatic carbocycles. The van der Waals surface area contributed by atoms with Crippen molar-refractivity contribution in [2.45, 2.75) is 32.3 Å². The van der Waals surface area contributed by atoms with Crippen LogP contribution >= 0.6 is 0 Å². The van der Waals surface area contributed by atoms with Gasteiger partial charge in [0.15, 0.2) is 0 Å². The molecule has 3 heterocycles. The third kappa shape index (κ3) is 4.07. The minimum Gasteiger partial charge on any atom is -0.386 e. The molecule has 4 rings (SSSR count). The SMILES string of the molecule is Cc1cc(N2CCCC(O)(CN(C)C(=O)c3ccc4nc(C)[nH]c4c3)C2)ncn1. The number of rotatable bonds is 4. The molecule has 1 aliphatic heterocycles. The summed E-state index contributed by atoms with van der Waals surface area (Å²) in [6.45, 7) is 5.32. The van der Waals surface area contributed by atoms with E-state index < -0.39 is 5.60 Å². The number of aromatic amines is 1. The number of β-amino-alcohol motifs (C(OH)–C–C–N with tert-alkyl or cyclic N) is 1. The Balaban J connectivity index is 1.48. The molecule has 1 saturated heterocycles. The van der Waals surface area contributed by atoms with Crippen LogP contribution in [-0.4, -0.2) is 68.1 Å². The number of hydrogen-bond donors (Lipinski definition) is 2. The van der Waals surface area contributed by atoms with Crippen LogP contribution in [0.3, 0.4) is 0 Å². The van der Waals surface area contributed by atoms with Gasteiger partial charge in [0.1, 0.15) is 18.0 Å². The van der Waals surface area contributed by atoms with Gasteiger partial charge in [-0.1, -0.05) is 0 Å². The van der Waals surface area contributed by atoms with Gasteiger partial charge in [-0.3, -0.25) is 4.79 Å². The number of H-pyrrole nitrogens is 1. The highest BCUT2D eigenvalue weighted by atomic mass is 16.3. The lowest BCUT2D eigenvalue weighted by Crippen LogP contribution is -2.54. The average Bonchev–Trinajstić information content (AvgIpc) is 3.06. The van der Waals surface area contributed by atoms with Crippen molar-refractivity contribution < 1.29 is 9.90 Å². The van der Waals surface area contributed by atoms with Crippen LogP contribution in [0.4, 0.5) is 5.82 Å². The van der Waals surface area contributed by atoms with Gasteiger partial charge in [-0.2, -0.15) is 0 Å². The minimum absolute atomic E-state index is 0.123. The minimum atomic E-state index is -0.990. The number of aliphatic hydroxyl groups is 1. The summed E-state index contributed by atoms with van der Waals surface area (Å²) in [5.41, 5.74) is 2.15. The Bertz CT molecular complexity index is 1050. The quantitative estimate of drug-likeness (QED) is 0.703. The van der Waals surface area contributed by atoms with Crippen molar-refractivity contribution in [3.05, 3.63) is 47.7 Å². The molecular weight excluding hydrogens is 368 g/mol. The summed E-state index contributed by atoms with van der Waals surface area (Å²) in [6, 6.07) is 7.36. The summed E-state index contributed by atoms with van der Waals surface area (Å²) in [6.07, 6.45) is 3.02. The number of imidazole rings is 1. The monoisotopic (exact) mass is 394 g/mol. The van der Waals surface area contributed by atoms with Crippen LogP contribution < -0.4 is 4.90 Å². The third-order valence-electron chi connectivity index (χ3n) is 5.39. The number of nitrogens with one attached hydrogen (secondary N) is 1. The van der Waals surface area contributed by atoms with Crippen LogP contribution in [0.1, 0.15) is 34.7 Å². The number of likely N-dealkylation sites (N-methyl/N-ethyl adjacent to an activating group) is 1. The zero-order valence-corrected chi connectivity index (χ0v) is 17.0. The molecule has 1 amide bonds. The van der Waals surface area contributed by atoms with Crippen molar-refractivity contribution in [3.8, 4) is 0 Å². The van der Waals surface area contributed by atoms with Crippen LogP contribution in [0.25, 0.3) is 11.0 Å². The van der Waals surface area contributed by atoms with Gasteiger partial charge in [0, 0.05) is 37.5 Å². The molecule has 0 bridgehead atoms. The Morgan fingerprint density at radius 2 is 2.14 bits per heavy atom. The van der Waals surface area contributed by atoms with Crippen LogP contribution in [-0.2, 0) is 0 Å². The normalized spacial score (nSPS) is 19.5. The number of aryl methyl sites for hydroxylation is 2. The maximum atomic E-state index is 13.0. The number of benzene rings is 1. The first kappa shape index (κ1) is 19.3. The van der Waals surface area contributed by atoms with Crippen LogP contribution in [0.2, 0.25) is 0 Å². The molecule has 1 aromatic carbocycles. The average molecular weight is 394 g/mol. The second-order valence-corrected chi connectivity index (χ2v) is 7.98. The van der Waals surface area contributed by atoms with Crippen molar-refractivity contribution in [3.63, 3.8) is 0 Å². The number of fused-ring (bicyclic) bond motifs is 1. The van der Waals surface area contributed by atoms with Crippen molar-refractivity contribution in [2.24, 2.45) is 0 Å². The molecule has 1 unspecified atom stereocenters. The van der Waals surface area contributed by atoms with Gasteiger partial charge in [-0.05, 0) is 44.9 Å². The van der Waals surface area contributed by atoms with Gasteiger partial charge in [0.2, 0.25) is 0 Å². The number of nitrogens with zero attached hydrogens (tertiary/aromatic N) is 5. The maximum absolute atomic E-state index is 13.0. The number of carbonyl (C=O) groups excluding carboxylic acids is 1. The van der Waals surface area contributed by atoms with E-state index in [1.54, 1.807) is 24.3 Å². The fourth-order valence-electron chi connectivity index (χ4n) is 4.05. The first-order chi connectivity index (χ1) is 13.8. The van der Waals surface area contributed by atoms with E-state index in [0.29, 0.717) is 18.5 Å². The highest BCUT2D eigenvalue weighted by Crippen LogP contribution is 2.26. The number of piperidine rings is 1. The molecular formula is C21H26N6O2. The summed E-state index contributed by atoms with van der Waals surface area (Å²) in [5.74, 6) is 1.50. The first-order valence-corrected chi connectivity index (χ1v) is 9.81. The van der Waals surface area contributed by atoms with Gasteiger partial charge >= 0.3 is 0 Å². The fourth-order valence-corrected chi connectivity index (χ4v) is 4.05. The molecule has 2 N–H and O–H groups in total. The van der Waals surface area contributed by atoms with E-state index in [0.717, 1.165) is 41.3 Å². The van der Waals surface area contributed by atoms with Crippen LogP contribution in [0, 0.1) is 13.8 Å². The molecule has 0 saturated carbocycles. The lowest BCUT2D eigenvalue weighted by molar-refractivity contribution is -0.000136. The van der Waals surface area contributed by atoms with Crippen molar-refractivity contribution >= 4 is 22.8 Å². The molecule has 152 valence electrons. The molecule has 3 aromatic rings. The number of hydrogen-bond acceptors (Lipinski definition) is 6. The summed E-state index contributed by atoms with van der Waals surface area (Å²) >= 11 is 0. The Hall–Kier alpha value is -3.00. The number of carbonyl (C=O) groups is 1. The van der Waals surface area contributed by atoms with E-state index in [1.165, 1.54) is 0 Å². The Morgan fingerprint density at radius 3 is 2.93 bits per heavy atom. The van der Waals surface area contributed by atoms with Gasteiger partial charge < -0.3 is 19.9 Å². The summed E-state index contributed by atoms with van der Waals surface area (Å²) in [7, 11) is 1.73. The van der Waals surface area contributed by atoms with Gasteiger partial charge in [-0.15, -0.1) is 0 Å². The molecule has 1 aliphatic rings. The molecule has 0 radical (unpaired) electrons. The maximum Gasteiger partial charge on any atom is 0.253 e. The highest BCUT2D eigenvalue weighted by molar-refractivity contribution is 5.97. The Kier molecular flexibility index (Phi) is 4.96. The number of amides is 1. The van der Waals surface area contributed by atoms with E-state index in [2.05, 4.69) is 24.8 Å². The van der Waals surface area contributed by atoms with Crippen LogP contribution in [0.15, 0.2) is 30.6 Å². The number of anilines is 1. The van der Waals surface area contributed by atoms with E-state index >= 15 is 0 Å². The highest BCUT2D eigenvalue weighted by Gasteiger charge is 2.36. The molecule has 1 fully saturated rings. The number of aromatic nitrogens is 4. The fraction of sp³-hybridized carbons (Fsp3) is 0.429. The molecule has 1 atom stereocenters. The third-order valence-corrected chi connectivity index (χ3v) is 5.39. The largest absolute Gasteiger partial charge is 0.386 e. The predicted octanol–water partition coefficient (Wildman–Crippen LogP) is 2.07. The summed E-state index contributed by atoms with van der Waals surface area (Å²) < 4.78 is 0. The van der Waals surface area contributed by atoms with Crippen LogP contribution in [0.5, 0.6) is 0 Å². The Morgan fingerprint density at radius 1 is 1.31 bits per heavy atom. The second-order valence-electron chi connectivity index (χ2n) is 7.98. The lowest BCUT2D eigenvalue weighted by atomic mass is 9.92. The zero-order chi connectivity index (χ0) is 20.6. The van der Waals surface area contributed by atoms with Crippen molar-refractivity contribution in [2.75, 3.05) is 31.6 Å². The predicted molar refractivity (Wildman–Crippen MR) is 111 cm³/mol. The van der Waals surface area contributed by atoms with Gasteiger partial charge in [0.05, 0.1) is 23.2 Å². The molecule has 2 aromatic heterocycles. The lowest BCUT2D eigenvalue weighted by Gasteiger charge is -2.41. The zero-order valence-electron chi connectivity index (χ0n) is 17.0. The Labute approximate surface area is 169 Å². The molecule has 8 heteroatoms. The molecule has 29 heavy (non-hydrogen) atoms. The van der Waals surface area contributed by atoms with Crippen molar-refractivity contribution in [1.82, 2.24) is 24.8 Å². The van der Waals surface area contributed by atoms with E-state index in [-0.39, 0.29) is 12.5 Å². The summed E-state index contributed by atoms with van der Waals surface area (Å²) in [5, 5.41) is 11.2. The van der Waals surface area contributed by atoms with Crippen molar-refractivity contribution in [1.29, 1.82) is 0 Å². The van der Waals surface area contributed by atoms with E-state index in [9.17, 15) is 9.90 Å². The van der Waals surface area contributed by atoms with E-state index in [1.807, 2.05) is 32.0 Å². The van der Waals surface area contributed by atoms with Gasteiger partial charge in [-0.25, -0.2) is 15.0 Å². The topological polar surface area (TPSA) is 98.2 Å². The smallest absolute Gasteiger partial charge is 0.253 e. The summed E-state index contributed by atoms with van der Waals surface area (Å²) in [4.78, 5) is 32.6.